The molecule has 0 spiro atoms. The van der Waals surface area contributed by atoms with Gasteiger partial charge in [0.15, 0.2) is 0 Å². The molecule has 1 fully saturated rings. The van der Waals surface area contributed by atoms with Gasteiger partial charge in [-0.25, -0.2) is 4.39 Å². The van der Waals surface area contributed by atoms with Crippen molar-refractivity contribution < 1.29 is 18.7 Å². The van der Waals surface area contributed by atoms with E-state index in [0.717, 1.165) is 35.1 Å². The van der Waals surface area contributed by atoms with Gasteiger partial charge in [0, 0.05) is 43.0 Å². The van der Waals surface area contributed by atoms with Crippen molar-refractivity contribution in [1.82, 2.24) is 15.2 Å². The standard InChI is InChI=1S/C24H26FN3O3/c1-31-20-7-4-18-13-22(27-21(18)14-20)24(30)28-10-8-16(9-11-28)12-23(29)26-15-17-2-5-19(25)6-3-17/h2-7,13-14,16,27H,8-12,15H2,1H3,(H,26,29). The monoisotopic (exact) mass is 423 g/mol. The Bertz CT molecular complexity index is 1070. The van der Waals surface area contributed by atoms with Crippen molar-refractivity contribution in [3.8, 4) is 5.75 Å². The Balaban J connectivity index is 1.26. The topological polar surface area (TPSA) is 74.4 Å². The second-order valence-electron chi connectivity index (χ2n) is 7.98. The number of carbonyl (C=O) groups excluding carboxylic acids is 2. The summed E-state index contributed by atoms with van der Waals surface area (Å²) in [5.74, 6) is 0.674. The zero-order valence-electron chi connectivity index (χ0n) is 17.5. The number of aromatic amines is 1. The van der Waals surface area contributed by atoms with Gasteiger partial charge in [0.1, 0.15) is 17.3 Å². The van der Waals surface area contributed by atoms with Crippen molar-refractivity contribution in [2.45, 2.75) is 25.8 Å². The number of likely N-dealkylation sites (tertiary alicyclic amines) is 1. The Labute approximate surface area is 180 Å². The van der Waals surface area contributed by atoms with Crippen molar-refractivity contribution >= 4 is 22.7 Å². The highest BCUT2D eigenvalue weighted by Gasteiger charge is 2.26. The van der Waals surface area contributed by atoms with Crippen LogP contribution in [0.4, 0.5) is 4.39 Å². The fourth-order valence-corrected chi connectivity index (χ4v) is 4.00. The zero-order valence-corrected chi connectivity index (χ0v) is 17.5. The van der Waals surface area contributed by atoms with Crippen LogP contribution in [0.2, 0.25) is 0 Å². The SMILES string of the molecule is COc1ccc2cc(C(=O)N3CCC(CC(=O)NCc4ccc(F)cc4)CC3)[nH]c2c1. The van der Waals surface area contributed by atoms with E-state index in [-0.39, 0.29) is 23.5 Å². The molecular weight excluding hydrogens is 397 g/mol. The predicted octanol–water partition coefficient (Wildman–Crippen LogP) is 3.87. The molecule has 3 aromatic rings. The van der Waals surface area contributed by atoms with E-state index >= 15 is 0 Å². The van der Waals surface area contributed by atoms with Gasteiger partial charge in [-0.05, 0) is 54.7 Å². The fraction of sp³-hybridized carbons (Fsp3) is 0.333. The quantitative estimate of drug-likeness (QED) is 0.632. The molecule has 6 nitrogen and oxygen atoms in total. The number of nitrogens with one attached hydrogen (secondary N) is 2. The van der Waals surface area contributed by atoms with E-state index in [1.165, 1.54) is 12.1 Å². The van der Waals surface area contributed by atoms with Crippen molar-refractivity contribution in [2.75, 3.05) is 20.2 Å². The number of aromatic nitrogens is 1. The third-order valence-corrected chi connectivity index (χ3v) is 5.84. The van der Waals surface area contributed by atoms with Gasteiger partial charge in [0.05, 0.1) is 7.11 Å². The zero-order chi connectivity index (χ0) is 21.8. The van der Waals surface area contributed by atoms with Crippen LogP contribution >= 0.6 is 0 Å². The number of nitrogens with zero attached hydrogens (tertiary/aromatic N) is 1. The molecule has 0 radical (unpaired) electrons. The minimum Gasteiger partial charge on any atom is -0.497 e. The molecule has 2 aromatic carbocycles. The normalized spacial score (nSPS) is 14.6. The number of H-pyrrole nitrogens is 1. The molecule has 2 N–H and O–H groups in total. The van der Waals surface area contributed by atoms with Crippen LogP contribution in [-0.2, 0) is 11.3 Å². The van der Waals surface area contributed by atoms with E-state index < -0.39 is 0 Å². The van der Waals surface area contributed by atoms with Crippen LogP contribution in [-0.4, -0.2) is 41.9 Å². The summed E-state index contributed by atoms with van der Waals surface area (Å²) in [6.07, 6.45) is 2.03. The van der Waals surface area contributed by atoms with Crippen molar-refractivity contribution in [3.05, 3.63) is 65.6 Å². The number of fused-ring (bicyclic) bond motifs is 1. The van der Waals surface area contributed by atoms with E-state index in [0.29, 0.717) is 31.7 Å². The molecule has 1 aliphatic rings. The lowest BCUT2D eigenvalue weighted by atomic mass is 9.93. The second-order valence-corrected chi connectivity index (χ2v) is 7.98. The van der Waals surface area contributed by atoms with Gasteiger partial charge in [-0.15, -0.1) is 0 Å². The van der Waals surface area contributed by atoms with Crippen molar-refractivity contribution in [1.29, 1.82) is 0 Å². The molecule has 1 aromatic heterocycles. The molecule has 0 aliphatic carbocycles. The number of hydrogen-bond donors (Lipinski definition) is 2. The maximum atomic E-state index is 13.0. The summed E-state index contributed by atoms with van der Waals surface area (Å²) in [4.78, 5) is 30.2. The summed E-state index contributed by atoms with van der Waals surface area (Å²) in [7, 11) is 1.61. The van der Waals surface area contributed by atoms with Crippen molar-refractivity contribution in [3.63, 3.8) is 0 Å². The maximum Gasteiger partial charge on any atom is 0.270 e. The summed E-state index contributed by atoms with van der Waals surface area (Å²) in [6.45, 7) is 1.66. The summed E-state index contributed by atoms with van der Waals surface area (Å²) in [6, 6.07) is 13.7. The van der Waals surface area contributed by atoms with Gasteiger partial charge in [-0.3, -0.25) is 9.59 Å². The first kappa shape index (κ1) is 20.9. The molecule has 1 saturated heterocycles. The Morgan fingerprint density at radius 1 is 1.13 bits per heavy atom. The molecule has 4 rings (SSSR count). The van der Waals surface area contributed by atoms with E-state index in [4.69, 9.17) is 4.74 Å². The Kier molecular flexibility index (Phi) is 6.21. The van der Waals surface area contributed by atoms with Gasteiger partial charge in [0.2, 0.25) is 5.91 Å². The number of hydrogen-bond acceptors (Lipinski definition) is 3. The van der Waals surface area contributed by atoms with Gasteiger partial charge < -0.3 is 19.9 Å². The van der Waals surface area contributed by atoms with Gasteiger partial charge in [0.25, 0.3) is 5.91 Å². The molecule has 2 amide bonds. The third kappa shape index (κ3) is 5.05. The van der Waals surface area contributed by atoms with E-state index in [2.05, 4.69) is 10.3 Å². The average molecular weight is 423 g/mol. The molecular formula is C24H26FN3O3. The number of piperidine rings is 1. The van der Waals surface area contributed by atoms with Crippen LogP contribution in [0.3, 0.4) is 0 Å². The van der Waals surface area contributed by atoms with Crippen LogP contribution in [0.25, 0.3) is 10.9 Å². The lowest BCUT2D eigenvalue weighted by Crippen LogP contribution is -2.39. The summed E-state index contributed by atoms with van der Waals surface area (Å²) < 4.78 is 18.2. The smallest absolute Gasteiger partial charge is 0.270 e. The van der Waals surface area contributed by atoms with Crippen LogP contribution in [0.15, 0.2) is 48.5 Å². The van der Waals surface area contributed by atoms with E-state index in [9.17, 15) is 14.0 Å². The van der Waals surface area contributed by atoms with Crippen LogP contribution < -0.4 is 10.1 Å². The summed E-state index contributed by atoms with van der Waals surface area (Å²) in [5, 5.41) is 3.86. The minimum absolute atomic E-state index is 0.0151. The van der Waals surface area contributed by atoms with E-state index in [1.807, 2.05) is 29.2 Å². The largest absolute Gasteiger partial charge is 0.497 e. The number of amides is 2. The highest BCUT2D eigenvalue weighted by molar-refractivity contribution is 5.98. The number of methoxy groups -OCH3 is 1. The molecule has 2 heterocycles. The third-order valence-electron chi connectivity index (χ3n) is 5.84. The molecule has 0 atom stereocenters. The van der Waals surface area contributed by atoms with Gasteiger partial charge >= 0.3 is 0 Å². The predicted molar refractivity (Wildman–Crippen MR) is 116 cm³/mol. The molecule has 0 saturated carbocycles. The molecule has 7 heteroatoms. The highest BCUT2D eigenvalue weighted by atomic mass is 19.1. The number of rotatable bonds is 6. The van der Waals surface area contributed by atoms with Crippen molar-refractivity contribution in [2.24, 2.45) is 5.92 Å². The number of halogens is 1. The first-order chi connectivity index (χ1) is 15.0. The minimum atomic E-state index is -0.288. The Hall–Kier alpha value is -3.35. The Morgan fingerprint density at radius 3 is 2.58 bits per heavy atom. The fourth-order valence-electron chi connectivity index (χ4n) is 4.00. The maximum absolute atomic E-state index is 13.0. The molecule has 1 aliphatic heterocycles. The van der Waals surface area contributed by atoms with Crippen LogP contribution in [0.5, 0.6) is 5.75 Å². The Morgan fingerprint density at radius 2 is 1.87 bits per heavy atom. The molecule has 0 unspecified atom stereocenters. The summed E-state index contributed by atoms with van der Waals surface area (Å²) in [5.41, 5.74) is 2.31. The van der Waals surface area contributed by atoms with Crippen LogP contribution in [0.1, 0.15) is 35.3 Å². The molecule has 162 valence electrons. The summed E-state index contributed by atoms with van der Waals surface area (Å²) >= 11 is 0. The van der Waals surface area contributed by atoms with Gasteiger partial charge in [-0.1, -0.05) is 12.1 Å². The van der Waals surface area contributed by atoms with E-state index in [1.54, 1.807) is 19.2 Å². The van der Waals surface area contributed by atoms with Gasteiger partial charge in [-0.2, -0.15) is 0 Å². The number of ether oxygens (including phenoxy) is 1. The number of carbonyl (C=O) groups is 2. The first-order valence-electron chi connectivity index (χ1n) is 10.5. The lowest BCUT2D eigenvalue weighted by Gasteiger charge is -2.31. The average Bonchev–Trinajstić information content (AvgIpc) is 3.22. The first-order valence-corrected chi connectivity index (χ1v) is 10.5. The lowest BCUT2D eigenvalue weighted by molar-refractivity contribution is -0.122. The highest BCUT2D eigenvalue weighted by Crippen LogP contribution is 2.25. The van der Waals surface area contributed by atoms with Crippen LogP contribution in [0, 0.1) is 11.7 Å². The molecule has 31 heavy (non-hydrogen) atoms. The second kappa shape index (κ2) is 9.20. The number of benzene rings is 2. The molecule has 0 bridgehead atoms.